The standard InChI is InChI=1S/C13H16O2.2C3H7NO2/c1-4-13(14)15-9-8-12-7-5-6-10(2)11(12)3;2*1-2-6-3(4)5/h4-7H,1,8-9H2,2-3H3;2*2H2,1H3,(H2,4,5). The first kappa shape index (κ1) is 26.2. The zero-order valence-corrected chi connectivity index (χ0v) is 16.4. The number of carbonyl (C=O) groups is 3. The van der Waals surface area contributed by atoms with Gasteiger partial charge in [-0.2, -0.15) is 0 Å². The Hall–Kier alpha value is -3.03. The SMILES string of the molecule is C=CC(=O)OCCc1cccc(C)c1C.CCOC(N)=O.CCOC(N)=O. The Morgan fingerprint density at radius 2 is 1.52 bits per heavy atom. The van der Waals surface area contributed by atoms with Crippen LogP contribution in [0.3, 0.4) is 0 Å². The number of hydrogen-bond acceptors (Lipinski definition) is 6. The highest BCUT2D eigenvalue weighted by Gasteiger charge is 2.01. The normalized spacial score (nSPS) is 8.74. The van der Waals surface area contributed by atoms with Crippen LogP contribution in [0, 0.1) is 13.8 Å². The molecule has 1 aromatic rings. The van der Waals surface area contributed by atoms with E-state index in [1.807, 2.05) is 6.07 Å². The van der Waals surface area contributed by atoms with Gasteiger partial charge in [0.1, 0.15) is 0 Å². The van der Waals surface area contributed by atoms with Crippen molar-refractivity contribution in [3.05, 3.63) is 47.5 Å². The number of benzene rings is 1. The van der Waals surface area contributed by atoms with Gasteiger partial charge in [0.15, 0.2) is 0 Å². The van der Waals surface area contributed by atoms with Gasteiger partial charge in [-0.15, -0.1) is 0 Å². The van der Waals surface area contributed by atoms with E-state index in [-0.39, 0.29) is 5.97 Å². The van der Waals surface area contributed by atoms with Crippen LogP contribution in [0.25, 0.3) is 0 Å². The number of amides is 2. The molecule has 1 rings (SSSR count). The lowest BCUT2D eigenvalue weighted by molar-refractivity contribution is -0.137. The van der Waals surface area contributed by atoms with Crippen molar-refractivity contribution in [2.45, 2.75) is 34.1 Å². The molecule has 2 amide bonds. The predicted molar refractivity (Wildman–Crippen MR) is 103 cm³/mol. The van der Waals surface area contributed by atoms with Crippen molar-refractivity contribution in [3.8, 4) is 0 Å². The molecule has 0 aliphatic heterocycles. The maximum absolute atomic E-state index is 10.8. The first-order valence-corrected chi connectivity index (χ1v) is 8.38. The van der Waals surface area contributed by atoms with E-state index >= 15 is 0 Å². The first-order chi connectivity index (χ1) is 12.7. The van der Waals surface area contributed by atoms with Crippen molar-refractivity contribution in [1.29, 1.82) is 0 Å². The minimum Gasteiger partial charge on any atom is -0.462 e. The summed E-state index contributed by atoms with van der Waals surface area (Å²) in [7, 11) is 0. The van der Waals surface area contributed by atoms with E-state index < -0.39 is 12.2 Å². The van der Waals surface area contributed by atoms with E-state index in [2.05, 4.69) is 53.5 Å². The van der Waals surface area contributed by atoms with Crippen LogP contribution in [0.4, 0.5) is 9.59 Å². The van der Waals surface area contributed by atoms with Crippen LogP contribution in [0.2, 0.25) is 0 Å². The first-order valence-electron chi connectivity index (χ1n) is 8.38. The molecule has 0 unspecified atom stereocenters. The number of nitrogens with two attached hydrogens (primary N) is 2. The molecule has 0 saturated carbocycles. The molecule has 0 bridgehead atoms. The van der Waals surface area contributed by atoms with E-state index in [4.69, 9.17) is 4.74 Å². The molecule has 0 radical (unpaired) electrons. The van der Waals surface area contributed by atoms with Gasteiger partial charge in [-0.05, 0) is 44.4 Å². The molecule has 152 valence electrons. The Labute approximate surface area is 160 Å². The largest absolute Gasteiger partial charge is 0.462 e. The third kappa shape index (κ3) is 16.2. The van der Waals surface area contributed by atoms with Gasteiger partial charge in [-0.1, -0.05) is 24.8 Å². The zero-order chi connectivity index (χ0) is 21.2. The van der Waals surface area contributed by atoms with E-state index in [9.17, 15) is 14.4 Å². The van der Waals surface area contributed by atoms with E-state index in [1.165, 1.54) is 22.8 Å². The molecule has 0 atom stereocenters. The average Bonchev–Trinajstić information content (AvgIpc) is 2.59. The summed E-state index contributed by atoms with van der Waals surface area (Å²) in [6, 6.07) is 6.16. The molecule has 0 fully saturated rings. The topological polar surface area (TPSA) is 131 Å². The Morgan fingerprint density at radius 1 is 1.00 bits per heavy atom. The smallest absolute Gasteiger partial charge is 0.404 e. The molecule has 27 heavy (non-hydrogen) atoms. The third-order valence-corrected chi connectivity index (χ3v) is 3.07. The summed E-state index contributed by atoms with van der Waals surface area (Å²) in [4.78, 5) is 30.0. The summed E-state index contributed by atoms with van der Waals surface area (Å²) in [5.74, 6) is -0.361. The quantitative estimate of drug-likeness (QED) is 0.442. The van der Waals surface area contributed by atoms with Crippen molar-refractivity contribution in [2.24, 2.45) is 11.5 Å². The van der Waals surface area contributed by atoms with Crippen LogP contribution in [0.15, 0.2) is 30.9 Å². The van der Waals surface area contributed by atoms with E-state index in [1.54, 1.807) is 13.8 Å². The van der Waals surface area contributed by atoms with Crippen LogP contribution in [-0.2, 0) is 25.4 Å². The molecule has 0 aliphatic carbocycles. The van der Waals surface area contributed by atoms with Gasteiger partial charge < -0.3 is 25.7 Å². The Bertz CT molecular complexity index is 586. The highest BCUT2D eigenvalue weighted by Crippen LogP contribution is 2.13. The molecule has 0 saturated heterocycles. The second kappa shape index (κ2) is 16.4. The monoisotopic (exact) mass is 382 g/mol. The summed E-state index contributed by atoms with van der Waals surface area (Å²) in [6.07, 6.45) is 0.519. The van der Waals surface area contributed by atoms with Crippen molar-refractivity contribution in [3.63, 3.8) is 0 Å². The van der Waals surface area contributed by atoms with Crippen molar-refractivity contribution in [2.75, 3.05) is 19.8 Å². The molecule has 4 N–H and O–H groups in total. The van der Waals surface area contributed by atoms with Crippen molar-refractivity contribution in [1.82, 2.24) is 0 Å². The number of esters is 1. The van der Waals surface area contributed by atoms with Gasteiger partial charge >= 0.3 is 18.2 Å². The van der Waals surface area contributed by atoms with Gasteiger partial charge in [-0.3, -0.25) is 0 Å². The number of aryl methyl sites for hydroxylation is 1. The molecule has 1 aromatic carbocycles. The van der Waals surface area contributed by atoms with Crippen molar-refractivity contribution < 1.29 is 28.6 Å². The summed E-state index contributed by atoms with van der Waals surface area (Å²) < 4.78 is 13.3. The predicted octanol–water partition coefficient (Wildman–Crippen LogP) is 2.78. The number of rotatable bonds is 6. The molecular formula is C19H30N2O6. The van der Waals surface area contributed by atoms with E-state index in [0.717, 1.165) is 6.42 Å². The van der Waals surface area contributed by atoms with Gasteiger partial charge in [0.25, 0.3) is 0 Å². The molecule has 8 nitrogen and oxygen atoms in total. The van der Waals surface area contributed by atoms with Gasteiger partial charge in [-0.25, -0.2) is 14.4 Å². The van der Waals surface area contributed by atoms with Gasteiger partial charge in [0.2, 0.25) is 0 Å². The Morgan fingerprint density at radius 3 is 1.89 bits per heavy atom. The van der Waals surface area contributed by atoms with E-state index in [0.29, 0.717) is 19.8 Å². The second-order valence-electron chi connectivity index (χ2n) is 4.98. The zero-order valence-electron chi connectivity index (χ0n) is 16.4. The molecular weight excluding hydrogens is 352 g/mol. The number of ether oxygens (including phenoxy) is 3. The van der Waals surface area contributed by atoms with Crippen LogP contribution in [0.1, 0.15) is 30.5 Å². The fraction of sp³-hybridized carbons (Fsp3) is 0.421. The molecule has 0 heterocycles. The molecule has 0 spiro atoms. The summed E-state index contributed by atoms with van der Waals surface area (Å²) >= 11 is 0. The number of hydrogen-bond donors (Lipinski definition) is 2. The third-order valence-electron chi connectivity index (χ3n) is 3.07. The molecule has 0 aliphatic rings. The Balaban J connectivity index is 0. The Kier molecular flexibility index (Phi) is 16.0. The number of primary amides is 2. The maximum Gasteiger partial charge on any atom is 0.404 e. The fourth-order valence-corrected chi connectivity index (χ4v) is 1.69. The summed E-state index contributed by atoms with van der Waals surface area (Å²) in [5, 5.41) is 0. The lowest BCUT2D eigenvalue weighted by atomic mass is 10.0. The van der Waals surface area contributed by atoms with Crippen LogP contribution < -0.4 is 11.5 Å². The fourth-order valence-electron chi connectivity index (χ4n) is 1.69. The second-order valence-corrected chi connectivity index (χ2v) is 4.98. The summed E-state index contributed by atoms with van der Waals surface area (Å²) in [6.45, 7) is 12.0. The van der Waals surface area contributed by atoms with Crippen LogP contribution in [-0.4, -0.2) is 38.0 Å². The number of carbonyl (C=O) groups excluding carboxylic acids is 3. The summed E-state index contributed by atoms with van der Waals surface area (Å²) in [5.41, 5.74) is 12.8. The highest BCUT2D eigenvalue weighted by molar-refractivity contribution is 5.81. The minimum absolute atomic E-state index is 0.356. The minimum atomic E-state index is -0.711. The molecule has 8 heteroatoms. The lowest BCUT2D eigenvalue weighted by Gasteiger charge is -2.08. The van der Waals surface area contributed by atoms with Gasteiger partial charge in [0.05, 0.1) is 19.8 Å². The average molecular weight is 382 g/mol. The highest BCUT2D eigenvalue weighted by atomic mass is 16.5. The van der Waals surface area contributed by atoms with Gasteiger partial charge in [0, 0.05) is 12.5 Å². The molecule has 0 aromatic heterocycles. The van der Waals surface area contributed by atoms with Crippen molar-refractivity contribution >= 4 is 18.2 Å². The lowest BCUT2D eigenvalue weighted by Crippen LogP contribution is -2.11. The van der Waals surface area contributed by atoms with Crippen LogP contribution >= 0.6 is 0 Å². The maximum atomic E-state index is 10.8. The van der Waals surface area contributed by atoms with Crippen LogP contribution in [0.5, 0.6) is 0 Å².